The van der Waals surface area contributed by atoms with Crippen molar-refractivity contribution in [3.8, 4) is 0 Å². The van der Waals surface area contributed by atoms with Gasteiger partial charge in [0.15, 0.2) is 4.80 Å². The van der Waals surface area contributed by atoms with E-state index in [4.69, 9.17) is 4.74 Å². The Labute approximate surface area is 174 Å². The molecule has 6 heteroatoms. The van der Waals surface area contributed by atoms with Gasteiger partial charge < -0.3 is 9.30 Å². The number of aromatic nitrogens is 1. The van der Waals surface area contributed by atoms with Crippen LogP contribution in [0.15, 0.2) is 35.3 Å². The maximum Gasteiger partial charge on any atom is 0.326 e. The molecule has 0 N–H and O–H groups in total. The van der Waals surface area contributed by atoms with Gasteiger partial charge in [-0.1, -0.05) is 35.1 Å². The minimum absolute atomic E-state index is 0.0333. The molecular formula is C23H26N2O3S. The largest absolute Gasteiger partial charge is 0.465 e. The summed E-state index contributed by atoms with van der Waals surface area (Å²) in [6.07, 6.45) is 0.241. The maximum absolute atomic E-state index is 12.8. The average molecular weight is 411 g/mol. The first-order valence-corrected chi connectivity index (χ1v) is 10.5. The minimum atomic E-state index is -0.341. The van der Waals surface area contributed by atoms with E-state index >= 15 is 0 Å². The zero-order valence-corrected chi connectivity index (χ0v) is 18.4. The van der Waals surface area contributed by atoms with Crippen LogP contribution in [-0.4, -0.2) is 23.1 Å². The molecule has 3 aromatic rings. The Morgan fingerprint density at radius 2 is 1.72 bits per heavy atom. The Hall–Kier alpha value is -2.73. The summed E-state index contributed by atoms with van der Waals surface area (Å²) >= 11 is 1.42. The normalized spacial score (nSPS) is 11.8. The van der Waals surface area contributed by atoms with Gasteiger partial charge in [0, 0.05) is 0 Å². The second-order valence-electron chi connectivity index (χ2n) is 7.31. The number of amides is 1. The second-order valence-corrected chi connectivity index (χ2v) is 8.32. The van der Waals surface area contributed by atoms with E-state index in [0.717, 1.165) is 32.5 Å². The fourth-order valence-electron chi connectivity index (χ4n) is 3.54. The van der Waals surface area contributed by atoms with E-state index in [2.05, 4.69) is 17.1 Å². The molecule has 0 saturated heterocycles. The monoisotopic (exact) mass is 410 g/mol. The van der Waals surface area contributed by atoms with Gasteiger partial charge in [-0.2, -0.15) is 4.99 Å². The quantitative estimate of drug-likeness (QED) is 0.593. The van der Waals surface area contributed by atoms with E-state index in [-0.39, 0.29) is 24.8 Å². The standard InChI is InChI=1S/C23H26N2O3S/c1-6-28-22(27)13-25-19-8-7-14(2)11-20(19)29-23(25)24-21(26)12-18-16(4)9-15(3)10-17(18)5/h7-11H,6,12-13H2,1-5H3. The molecule has 0 fully saturated rings. The van der Waals surface area contributed by atoms with Crippen LogP contribution in [0.5, 0.6) is 0 Å². The minimum Gasteiger partial charge on any atom is -0.465 e. The average Bonchev–Trinajstić information content (AvgIpc) is 2.94. The Morgan fingerprint density at radius 3 is 2.38 bits per heavy atom. The van der Waals surface area contributed by atoms with Crippen LogP contribution in [0.25, 0.3) is 10.2 Å². The van der Waals surface area contributed by atoms with E-state index in [1.54, 1.807) is 11.5 Å². The molecule has 1 heterocycles. The third-order valence-corrected chi connectivity index (χ3v) is 5.86. The van der Waals surface area contributed by atoms with Gasteiger partial charge in [-0.3, -0.25) is 9.59 Å². The molecule has 1 aromatic heterocycles. The van der Waals surface area contributed by atoms with Crippen LogP contribution < -0.4 is 4.80 Å². The van der Waals surface area contributed by atoms with Crippen molar-refractivity contribution in [1.29, 1.82) is 0 Å². The van der Waals surface area contributed by atoms with Crippen LogP contribution >= 0.6 is 11.3 Å². The fourth-order valence-corrected chi connectivity index (χ4v) is 4.69. The highest BCUT2D eigenvalue weighted by Gasteiger charge is 2.14. The van der Waals surface area contributed by atoms with Crippen molar-refractivity contribution in [3.05, 3.63) is 63.0 Å². The summed E-state index contributed by atoms with van der Waals surface area (Å²) in [5.41, 5.74) is 6.38. The van der Waals surface area contributed by atoms with Crippen molar-refractivity contribution in [3.63, 3.8) is 0 Å². The molecule has 0 bridgehead atoms. The molecular weight excluding hydrogens is 384 g/mol. The van der Waals surface area contributed by atoms with Gasteiger partial charge in [0.05, 0.1) is 23.2 Å². The Morgan fingerprint density at radius 1 is 1.03 bits per heavy atom. The molecule has 29 heavy (non-hydrogen) atoms. The Bertz CT molecular complexity index is 1130. The summed E-state index contributed by atoms with van der Waals surface area (Å²) in [7, 11) is 0. The molecule has 1 amide bonds. The summed E-state index contributed by atoms with van der Waals surface area (Å²) in [6, 6.07) is 10.1. The summed E-state index contributed by atoms with van der Waals surface area (Å²) in [6.45, 7) is 10.2. The van der Waals surface area contributed by atoms with Crippen molar-refractivity contribution >= 4 is 33.4 Å². The highest BCUT2D eigenvalue weighted by Crippen LogP contribution is 2.20. The van der Waals surface area contributed by atoms with Gasteiger partial charge in [0.1, 0.15) is 6.54 Å². The van der Waals surface area contributed by atoms with E-state index in [9.17, 15) is 9.59 Å². The highest BCUT2D eigenvalue weighted by molar-refractivity contribution is 7.16. The van der Waals surface area contributed by atoms with Crippen LogP contribution in [0.1, 0.15) is 34.7 Å². The van der Waals surface area contributed by atoms with Crippen molar-refractivity contribution in [2.45, 2.75) is 47.6 Å². The second kappa shape index (κ2) is 8.74. The molecule has 0 spiro atoms. The number of benzene rings is 2. The molecule has 0 aliphatic rings. The third kappa shape index (κ3) is 4.82. The summed E-state index contributed by atoms with van der Waals surface area (Å²) in [5, 5.41) is 0. The maximum atomic E-state index is 12.8. The molecule has 3 rings (SSSR count). The number of ether oxygens (including phenoxy) is 1. The zero-order chi connectivity index (χ0) is 21.1. The van der Waals surface area contributed by atoms with Crippen LogP contribution in [0.4, 0.5) is 0 Å². The number of fused-ring (bicyclic) bond motifs is 1. The number of hydrogen-bond donors (Lipinski definition) is 0. The number of aryl methyl sites for hydroxylation is 4. The topological polar surface area (TPSA) is 60.7 Å². The predicted octanol–water partition coefficient (Wildman–Crippen LogP) is 4.17. The third-order valence-electron chi connectivity index (χ3n) is 4.82. The van der Waals surface area contributed by atoms with E-state index < -0.39 is 0 Å². The van der Waals surface area contributed by atoms with Crippen molar-refractivity contribution < 1.29 is 14.3 Å². The van der Waals surface area contributed by atoms with Gasteiger partial charge in [0.25, 0.3) is 5.91 Å². The Kier molecular flexibility index (Phi) is 6.33. The lowest BCUT2D eigenvalue weighted by Crippen LogP contribution is -2.23. The highest BCUT2D eigenvalue weighted by atomic mass is 32.1. The number of esters is 1. The lowest BCUT2D eigenvalue weighted by atomic mass is 9.97. The van der Waals surface area contributed by atoms with Gasteiger partial charge in [-0.25, -0.2) is 0 Å². The van der Waals surface area contributed by atoms with Crippen LogP contribution in [0.3, 0.4) is 0 Å². The first kappa shape index (κ1) is 21.0. The van der Waals surface area contributed by atoms with Crippen LogP contribution in [0.2, 0.25) is 0 Å². The van der Waals surface area contributed by atoms with E-state index in [1.165, 1.54) is 16.9 Å². The summed E-state index contributed by atoms with van der Waals surface area (Å²) in [4.78, 5) is 29.8. The lowest BCUT2D eigenvalue weighted by Gasteiger charge is -2.09. The van der Waals surface area contributed by atoms with Crippen molar-refractivity contribution in [2.75, 3.05) is 6.61 Å². The molecule has 2 aromatic carbocycles. The van der Waals surface area contributed by atoms with Crippen LogP contribution in [0, 0.1) is 27.7 Å². The van der Waals surface area contributed by atoms with Gasteiger partial charge in [-0.15, -0.1) is 0 Å². The number of carbonyl (C=O) groups excluding carboxylic acids is 2. The molecule has 0 radical (unpaired) electrons. The van der Waals surface area contributed by atoms with Gasteiger partial charge in [-0.05, 0) is 69.0 Å². The molecule has 152 valence electrons. The Balaban J connectivity index is 2.02. The predicted molar refractivity (Wildman–Crippen MR) is 116 cm³/mol. The molecule has 0 unspecified atom stereocenters. The van der Waals surface area contributed by atoms with Gasteiger partial charge >= 0.3 is 5.97 Å². The lowest BCUT2D eigenvalue weighted by molar-refractivity contribution is -0.143. The summed E-state index contributed by atoms with van der Waals surface area (Å²) in [5.74, 6) is -0.562. The molecule has 0 aliphatic heterocycles. The van der Waals surface area contributed by atoms with E-state index in [1.807, 2.05) is 45.9 Å². The number of hydrogen-bond acceptors (Lipinski definition) is 4. The summed E-state index contributed by atoms with van der Waals surface area (Å²) < 4.78 is 7.86. The van der Waals surface area contributed by atoms with Crippen molar-refractivity contribution in [2.24, 2.45) is 4.99 Å². The van der Waals surface area contributed by atoms with Crippen molar-refractivity contribution in [1.82, 2.24) is 4.57 Å². The SMILES string of the molecule is CCOC(=O)Cn1c(=NC(=O)Cc2c(C)cc(C)cc2C)sc2cc(C)ccc21. The molecule has 0 atom stereocenters. The first-order chi connectivity index (χ1) is 13.8. The fraction of sp³-hybridized carbons (Fsp3) is 0.348. The number of nitrogens with zero attached hydrogens (tertiary/aromatic N) is 2. The zero-order valence-electron chi connectivity index (χ0n) is 17.5. The number of carbonyl (C=O) groups is 2. The molecule has 0 aliphatic carbocycles. The number of thiazole rings is 1. The molecule has 0 saturated carbocycles. The molecule has 5 nitrogen and oxygen atoms in total. The van der Waals surface area contributed by atoms with E-state index in [0.29, 0.717) is 11.4 Å². The first-order valence-electron chi connectivity index (χ1n) is 9.68. The number of rotatable bonds is 5. The smallest absolute Gasteiger partial charge is 0.326 e. The van der Waals surface area contributed by atoms with Crippen LogP contribution in [-0.2, 0) is 27.3 Å². The van der Waals surface area contributed by atoms with Gasteiger partial charge in [0.2, 0.25) is 0 Å².